The van der Waals surface area contributed by atoms with E-state index >= 15 is 0 Å². The SMILES string of the molecule is C=CCc1cc(/C=C2\C(=O)NC(=S)N(c3ccc(CC)cc3)C2=O)cc(OCC)c1OCc1ccc(I)cc1. The number of carbonyl (C=O) groups excluding carboxylic acids is 2. The van der Waals surface area contributed by atoms with Crippen LogP contribution in [-0.2, 0) is 29.0 Å². The number of rotatable bonds is 10. The molecule has 0 saturated carbocycles. The molecule has 1 aliphatic rings. The number of carbonyl (C=O) groups is 2. The summed E-state index contributed by atoms with van der Waals surface area (Å²) in [5, 5.41) is 2.70. The van der Waals surface area contributed by atoms with E-state index < -0.39 is 11.8 Å². The van der Waals surface area contributed by atoms with Gasteiger partial charge in [0.05, 0.1) is 12.3 Å². The standard InChI is InChI=1S/C31H29IN2O4S/c1-4-7-23-16-22(18-27(37-6-3)28(23)38-19-21-8-12-24(32)13-9-21)17-26-29(35)33-31(39)34(30(26)36)25-14-10-20(5-2)11-15-25/h4,8-18H,1,5-7,19H2,2-3H3,(H,33,35,39)/b26-17+. The molecule has 8 heteroatoms. The molecular weight excluding hydrogens is 623 g/mol. The van der Waals surface area contributed by atoms with E-state index in [0.717, 1.165) is 26.7 Å². The van der Waals surface area contributed by atoms with E-state index in [-0.39, 0.29) is 10.7 Å². The van der Waals surface area contributed by atoms with Crippen LogP contribution in [-0.4, -0.2) is 23.5 Å². The topological polar surface area (TPSA) is 67.9 Å². The molecule has 6 nitrogen and oxygen atoms in total. The predicted molar refractivity (Wildman–Crippen MR) is 167 cm³/mol. The first-order valence-corrected chi connectivity index (χ1v) is 14.1. The van der Waals surface area contributed by atoms with Gasteiger partial charge >= 0.3 is 0 Å². The number of nitrogens with zero attached hydrogens (tertiary/aromatic N) is 1. The van der Waals surface area contributed by atoms with Gasteiger partial charge in [0.25, 0.3) is 11.8 Å². The van der Waals surface area contributed by atoms with Crippen molar-refractivity contribution in [3.05, 3.63) is 105 Å². The van der Waals surface area contributed by atoms with Crippen molar-refractivity contribution in [2.45, 2.75) is 33.3 Å². The molecule has 39 heavy (non-hydrogen) atoms. The Morgan fingerprint density at radius 3 is 2.33 bits per heavy atom. The highest BCUT2D eigenvalue weighted by atomic mass is 127. The molecule has 0 spiro atoms. The largest absolute Gasteiger partial charge is 0.490 e. The van der Waals surface area contributed by atoms with Crippen LogP contribution >= 0.6 is 34.8 Å². The highest BCUT2D eigenvalue weighted by Crippen LogP contribution is 2.36. The third-order valence-electron chi connectivity index (χ3n) is 6.13. The first-order chi connectivity index (χ1) is 18.8. The molecule has 1 fully saturated rings. The molecule has 3 aromatic rings. The fraction of sp³-hybridized carbons (Fsp3) is 0.194. The van der Waals surface area contributed by atoms with Crippen LogP contribution in [0.3, 0.4) is 0 Å². The number of allylic oxidation sites excluding steroid dienone is 1. The summed E-state index contributed by atoms with van der Waals surface area (Å²) in [6.07, 6.45) is 4.72. The molecular formula is C31H29IN2O4S. The van der Waals surface area contributed by atoms with E-state index in [9.17, 15) is 9.59 Å². The number of halogens is 1. The number of aryl methyl sites for hydroxylation is 1. The second-order valence-corrected chi connectivity index (χ2v) is 10.5. The molecule has 0 aliphatic carbocycles. The van der Waals surface area contributed by atoms with E-state index in [2.05, 4.69) is 41.4 Å². The van der Waals surface area contributed by atoms with Crippen LogP contribution in [0.15, 0.2) is 78.9 Å². The second-order valence-electron chi connectivity index (χ2n) is 8.83. The van der Waals surface area contributed by atoms with Gasteiger partial charge in [-0.2, -0.15) is 0 Å². The predicted octanol–water partition coefficient (Wildman–Crippen LogP) is 6.39. The van der Waals surface area contributed by atoms with Crippen molar-refractivity contribution in [2.75, 3.05) is 11.5 Å². The summed E-state index contributed by atoms with van der Waals surface area (Å²) in [6, 6.07) is 19.3. The van der Waals surface area contributed by atoms with Crippen LogP contribution in [0.4, 0.5) is 5.69 Å². The fourth-order valence-electron chi connectivity index (χ4n) is 4.18. The van der Waals surface area contributed by atoms with Crippen molar-refractivity contribution in [3.8, 4) is 11.5 Å². The molecule has 0 atom stereocenters. The normalized spacial score (nSPS) is 14.4. The Hall–Kier alpha value is -3.50. The van der Waals surface area contributed by atoms with Crippen molar-refractivity contribution >= 4 is 63.5 Å². The quantitative estimate of drug-likeness (QED) is 0.0905. The zero-order valence-electron chi connectivity index (χ0n) is 21.8. The lowest BCUT2D eigenvalue weighted by molar-refractivity contribution is -0.122. The summed E-state index contributed by atoms with van der Waals surface area (Å²) < 4.78 is 13.3. The third-order valence-corrected chi connectivity index (χ3v) is 7.13. The average Bonchev–Trinajstić information content (AvgIpc) is 2.92. The minimum atomic E-state index is -0.548. The summed E-state index contributed by atoms with van der Waals surface area (Å²) in [5.74, 6) is 0.0973. The maximum Gasteiger partial charge on any atom is 0.270 e. The van der Waals surface area contributed by atoms with Crippen LogP contribution < -0.4 is 19.7 Å². The highest BCUT2D eigenvalue weighted by Gasteiger charge is 2.34. The van der Waals surface area contributed by atoms with Crippen LogP contribution in [0, 0.1) is 3.57 Å². The molecule has 200 valence electrons. The lowest BCUT2D eigenvalue weighted by Gasteiger charge is -2.29. The highest BCUT2D eigenvalue weighted by molar-refractivity contribution is 14.1. The Balaban J connectivity index is 1.70. The fourth-order valence-corrected chi connectivity index (χ4v) is 4.82. The number of hydrogen-bond acceptors (Lipinski definition) is 5. The van der Waals surface area contributed by atoms with Gasteiger partial charge in [0.2, 0.25) is 0 Å². The Kier molecular flexibility index (Phi) is 9.53. The van der Waals surface area contributed by atoms with Crippen molar-refractivity contribution in [1.29, 1.82) is 0 Å². The minimum absolute atomic E-state index is 0.0253. The first kappa shape index (κ1) is 28.5. The van der Waals surface area contributed by atoms with E-state index in [4.69, 9.17) is 21.7 Å². The van der Waals surface area contributed by atoms with Crippen molar-refractivity contribution < 1.29 is 19.1 Å². The molecule has 1 saturated heterocycles. The number of benzene rings is 3. The molecule has 1 N–H and O–H groups in total. The molecule has 0 unspecified atom stereocenters. The number of anilines is 1. The zero-order chi connectivity index (χ0) is 27.9. The summed E-state index contributed by atoms with van der Waals surface area (Å²) in [4.78, 5) is 27.7. The number of ether oxygens (including phenoxy) is 2. The Labute approximate surface area is 247 Å². The van der Waals surface area contributed by atoms with Crippen molar-refractivity contribution in [3.63, 3.8) is 0 Å². The lowest BCUT2D eigenvalue weighted by atomic mass is 10.0. The zero-order valence-corrected chi connectivity index (χ0v) is 24.8. The maximum absolute atomic E-state index is 13.5. The average molecular weight is 653 g/mol. The van der Waals surface area contributed by atoms with Gasteiger partial charge in [-0.25, -0.2) is 0 Å². The van der Waals surface area contributed by atoms with Gasteiger partial charge in [-0.05, 0) is 114 Å². The van der Waals surface area contributed by atoms with Gasteiger partial charge in [0.1, 0.15) is 12.2 Å². The van der Waals surface area contributed by atoms with Crippen LogP contribution in [0.1, 0.15) is 36.1 Å². The molecule has 4 rings (SSSR count). The molecule has 1 heterocycles. The van der Waals surface area contributed by atoms with E-state index in [1.807, 2.05) is 61.5 Å². The minimum Gasteiger partial charge on any atom is -0.490 e. The summed E-state index contributed by atoms with van der Waals surface area (Å²) in [6.45, 7) is 8.62. The Morgan fingerprint density at radius 1 is 1.00 bits per heavy atom. The lowest BCUT2D eigenvalue weighted by Crippen LogP contribution is -2.54. The van der Waals surface area contributed by atoms with Crippen LogP contribution in [0.5, 0.6) is 11.5 Å². The van der Waals surface area contributed by atoms with E-state index in [1.165, 1.54) is 4.90 Å². The Bertz CT molecular complexity index is 1430. The monoisotopic (exact) mass is 652 g/mol. The number of amides is 2. The van der Waals surface area contributed by atoms with Gasteiger partial charge in [-0.1, -0.05) is 37.3 Å². The molecule has 0 radical (unpaired) electrons. The Morgan fingerprint density at radius 2 is 1.69 bits per heavy atom. The van der Waals surface area contributed by atoms with Gasteiger partial charge < -0.3 is 9.47 Å². The number of nitrogens with one attached hydrogen (secondary N) is 1. The van der Waals surface area contributed by atoms with Gasteiger partial charge in [-0.15, -0.1) is 6.58 Å². The van der Waals surface area contributed by atoms with Gasteiger partial charge in [-0.3, -0.25) is 19.8 Å². The van der Waals surface area contributed by atoms with Crippen LogP contribution in [0.2, 0.25) is 0 Å². The smallest absolute Gasteiger partial charge is 0.270 e. The maximum atomic E-state index is 13.5. The third kappa shape index (κ3) is 6.75. The van der Waals surface area contributed by atoms with Gasteiger partial charge in [0.15, 0.2) is 16.6 Å². The summed E-state index contributed by atoms with van der Waals surface area (Å²) in [5.41, 5.74) is 4.19. The van der Waals surface area contributed by atoms with E-state index in [0.29, 0.717) is 42.4 Å². The van der Waals surface area contributed by atoms with Crippen molar-refractivity contribution in [2.24, 2.45) is 0 Å². The van der Waals surface area contributed by atoms with Gasteiger partial charge in [0, 0.05) is 9.13 Å². The second kappa shape index (κ2) is 13.0. The van der Waals surface area contributed by atoms with Crippen molar-refractivity contribution in [1.82, 2.24) is 5.32 Å². The number of thiocarbonyl (C=S) groups is 1. The molecule has 2 amide bonds. The number of hydrogen-bond donors (Lipinski definition) is 1. The molecule has 0 aromatic heterocycles. The summed E-state index contributed by atoms with van der Waals surface area (Å²) in [7, 11) is 0. The van der Waals surface area contributed by atoms with Crippen LogP contribution in [0.25, 0.3) is 6.08 Å². The molecule has 3 aromatic carbocycles. The first-order valence-electron chi connectivity index (χ1n) is 12.6. The summed E-state index contributed by atoms with van der Waals surface area (Å²) >= 11 is 7.61. The molecule has 0 bridgehead atoms. The van der Waals surface area contributed by atoms with E-state index in [1.54, 1.807) is 18.2 Å². The molecule has 1 aliphatic heterocycles.